The first kappa shape index (κ1) is 19.4. The second-order valence-corrected chi connectivity index (χ2v) is 6.82. The number of carboxylic acid groups (broad SMARTS) is 1. The third-order valence-corrected chi connectivity index (χ3v) is 5.33. The van der Waals surface area contributed by atoms with Gasteiger partial charge in [0, 0.05) is 12.7 Å². The summed E-state index contributed by atoms with van der Waals surface area (Å²) in [4.78, 5) is 11.9. The van der Waals surface area contributed by atoms with E-state index in [9.17, 15) is 27.5 Å². The summed E-state index contributed by atoms with van der Waals surface area (Å²) in [5, 5.41) is 9.67. The van der Waals surface area contributed by atoms with E-state index < -0.39 is 70.1 Å². The zero-order valence-corrected chi connectivity index (χ0v) is 14.4. The molecule has 0 spiro atoms. The van der Waals surface area contributed by atoms with Crippen molar-refractivity contribution in [1.82, 2.24) is 0 Å². The van der Waals surface area contributed by atoms with Gasteiger partial charge in [0.05, 0.1) is 17.6 Å². The Labute approximate surface area is 143 Å². The van der Waals surface area contributed by atoms with Gasteiger partial charge < -0.3 is 9.84 Å². The summed E-state index contributed by atoms with van der Waals surface area (Å²) in [5.74, 6) is -8.04. The predicted molar refractivity (Wildman–Crippen MR) is 82.8 cm³/mol. The molecule has 1 N–H and O–H groups in total. The molecular weight excluding hydrogens is 340 g/mol. The molecule has 1 saturated carbocycles. The number of carboxylic acids is 1. The molecule has 1 fully saturated rings. The summed E-state index contributed by atoms with van der Waals surface area (Å²) in [6.45, 7) is 4.35. The first-order valence-electron chi connectivity index (χ1n) is 7.76. The SMILES string of the molecule is CC=CC1C(C)(C)[C@]1(Cc1c(F)c(F)c(COC)c(F)c1F)C(=O)O. The van der Waals surface area contributed by atoms with Crippen molar-refractivity contribution >= 4 is 5.97 Å². The van der Waals surface area contributed by atoms with Crippen LogP contribution in [0.3, 0.4) is 0 Å². The Morgan fingerprint density at radius 1 is 1.12 bits per heavy atom. The average Bonchev–Trinajstić information content (AvgIpc) is 3.02. The van der Waals surface area contributed by atoms with Crippen molar-refractivity contribution in [1.29, 1.82) is 0 Å². The van der Waals surface area contributed by atoms with E-state index in [0.29, 0.717) is 0 Å². The predicted octanol–water partition coefficient (Wildman–Crippen LogP) is 4.24. The number of benzene rings is 1. The molecule has 1 aromatic carbocycles. The first-order chi connectivity index (χ1) is 11.6. The molecule has 25 heavy (non-hydrogen) atoms. The Balaban J connectivity index is 2.59. The molecule has 0 radical (unpaired) electrons. The van der Waals surface area contributed by atoms with Crippen LogP contribution in [0.15, 0.2) is 12.2 Å². The molecule has 138 valence electrons. The first-order valence-corrected chi connectivity index (χ1v) is 7.76. The lowest BCUT2D eigenvalue weighted by molar-refractivity contribution is -0.145. The van der Waals surface area contributed by atoms with Gasteiger partial charge in [-0.05, 0) is 24.7 Å². The lowest BCUT2D eigenvalue weighted by Gasteiger charge is -2.18. The lowest BCUT2D eigenvalue weighted by atomic mass is 9.87. The highest BCUT2D eigenvalue weighted by molar-refractivity contribution is 5.82. The van der Waals surface area contributed by atoms with Crippen molar-refractivity contribution < 1.29 is 32.2 Å². The largest absolute Gasteiger partial charge is 0.481 e. The van der Waals surface area contributed by atoms with E-state index in [1.807, 2.05) is 0 Å². The molecule has 0 bridgehead atoms. The monoisotopic (exact) mass is 360 g/mol. The van der Waals surface area contributed by atoms with Gasteiger partial charge in [0.25, 0.3) is 0 Å². The van der Waals surface area contributed by atoms with Crippen LogP contribution in [0.4, 0.5) is 17.6 Å². The fourth-order valence-corrected chi connectivity index (χ4v) is 3.74. The number of rotatable bonds is 6. The number of allylic oxidation sites excluding steroid dienone is 2. The minimum Gasteiger partial charge on any atom is -0.481 e. The summed E-state index contributed by atoms with van der Waals surface area (Å²) in [6.07, 6.45) is 2.63. The van der Waals surface area contributed by atoms with Gasteiger partial charge in [0.2, 0.25) is 0 Å². The number of aliphatic carboxylic acids is 1. The van der Waals surface area contributed by atoms with Crippen LogP contribution in [0.2, 0.25) is 0 Å². The van der Waals surface area contributed by atoms with Crippen LogP contribution >= 0.6 is 0 Å². The maximum Gasteiger partial charge on any atom is 0.311 e. The second-order valence-electron chi connectivity index (χ2n) is 6.82. The number of methoxy groups -OCH3 is 1. The summed E-state index contributed by atoms with van der Waals surface area (Å²) in [5.41, 5.74) is -4.10. The van der Waals surface area contributed by atoms with E-state index >= 15 is 0 Å². The van der Waals surface area contributed by atoms with Gasteiger partial charge in [-0.15, -0.1) is 0 Å². The topological polar surface area (TPSA) is 46.5 Å². The van der Waals surface area contributed by atoms with Crippen molar-refractivity contribution in [2.24, 2.45) is 16.7 Å². The van der Waals surface area contributed by atoms with Crippen LogP contribution in [-0.2, 0) is 22.6 Å². The third-order valence-electron chi connectivity index (χ3n) is 5.33. The number of hydrogen-bond acceptors (Lipinski definition) is 2. The van der Waals surface area contributed by atoms with Gasteiger partial charge in [-0.25, -0.2) is 17.6 Å². The van der Waals surface area contributed by atoms with Crippen molar-refractivity contribution in [3.05, 3.63) is 46.5 Å². The Kier molecular flexibility index (Phi) is 5.01. The number of ether oxygens (including phenoxy) is 1. The van der Waals surface area contributed by atoms with Gasteiger partial charge in [-0.1, -0.05) is 26.0 Å². The summed E-state index contributed by atoms with van der Waals surface area (Å²) in [7, 11) is 1.14. The van der Waals surface area contributed by atoms with Crippen LogP contribution in [0.1, 0.15) is 31.9 Å². The fraction of sp³-hybridized carbons (Fsp3) is 0.500. The van der Waals surface area contributed by atoms with Crippen molar-refractivity contribution in [2.45, 2.75) is 33.8 Å². The zero-order chi connectivity index (χ0) is 19.2. The van der Waals surface area contributed by atoms with E-state index in [2.05, 4.69) is 4.74 Å². The number of halogens is 4. The maximum atomic E-state index is 14.4. The standard InChI is InChI=1S/C18H20F4O3/c1-5-6-11-17(2,3)18(11,16(23)24)7-9-12(19)14(21)10(8-25-4)15(22)13(9)20/h5-6,11H,7-8H2,1-4H3,(H,23,24)/t11?,18-/m0/s1. The quantitative estimate of drug-likeness (QED) is 0.469. The van der Waals surface area contributed by atoms with Crippen LogP contribution in [0.5, 0.6) is 0 Å². The molecule has 2 rings (SSSR count). The molecule has 1 aromatic rings. The molecule has 0 heterocycles. The normalized spacial score (nSPS) is 24.7. The number of carbonyl (C=O) groups is 1. The van der Waals surface area contributed by atoms with Gasteiger partial charge in [0.1, 0.15) is 0 Å². The summed E-state index contributed by atoms with van der Waals surface area (Å²) in [6, 6.07) is 0. The van der Waals surface area contributed by atoms with E-state index in [1.165, 1.54) is 0 Å². The molecule has 0 aromatic heterocycles. The minimum absolute atomic E-state index is 0.508. The summed E-state index contributed by atoms with van der Waals surface area (Å²) >= 11 is 0. The van der Waals surface area contributed by atoms with Crippen LogP contribution in [0, 0.1) is 40.0 Å². The highest BCUT2D eigenvalue weighted by atomic mass is 19.2. The Morgan fingerprint density at radius 3 is 2.00 bits per heavy atom. The van der Waals surface area contributed by atoms with E-state index in [0.717, 1.165) is 7.11 Å². The van der Waals surface area contributed by atoms with Crippen LogP contribution < -0.4 is 0 Å². The molecule has 0 saturated heterocycles. The van der Waals surface area contributed by atoms with E-state index in [1.54, 1.807) is 32.9 Å². The lowest BCUT2D eigenvalue weighted by Crippen LogP contribution is -2.26. The smallest absolute Gasteiger partial charge is 0.311 e. The molecule has 7 heteroatoms. The fourth-order valence-electron chi connectivity index (χ4n) is 3.74. The second kappa shape index (κ2) is 6.44. The maximum absolute atomic E-state index is 14.4. The molecule has 1 unspecified atom stereocenters. The van der Waals surface area contributed by atoms with Gasteiger partial charge in [-0.3, -0.25) is 4.79 Å². The molecule has 1 aliphatic rings. The minimum atomic E-state index is -1.58. The Bertz CT molecular complexity index is 713. The van der Waals surface area contributed by atoms with E-state index in [4.69, 9.17) is 0 Å². The van der Waals surface area contributed by atoms with Crippen molar-refractivity contribution in [3.8, 4) is 0 Å². The zero-order valence-electron chi connectivity index (χ0n) is 14.4. The number of hydrogen-bond donors (Lipinski definition) is 1. The van der Waals surface area contributed by atoms with Gasteiger partial charge >= 0.3 is 5.97 Å². The van der Waals surface area contributed by atoms with Gasteiger partial charge in [0.15, 0.2) is 23.3 Å². The van der Waals surface area contributed by atoms with Crippen molar-refractivity contribution in [2.75, 3.05) is 7.11 Å². The summed E-state index contributed by atoms with van der Waals surface area (Å²) < 4.78 is 61.5. The molecule has 0 amide bonds. The highest BCUT2D eigenvalue weighted by Crippen LogP contribution is 2.71. The Morgan fingerprint density at radius 2 is 1.60 bits per heavy atom. The average molecular weight is 360 g/mol. The molecule has 0 aliphatic heterocycles. The third kappa shape index (κ3) is 2.65. The van der Waals surface area contributed by atoms with Gasteiger partial charge in [-0.2, -0.15) is 0 Å². The molecule has 2 atom stereocenters. The molecule has 1 aliphatic carbocycles. The Hall–Kier alpha value is -1.89. The molecular formula is C18H20F4O3. The molecule has 3 nitrogen and oxygen atoms in total. The highest BCUT2D eigenvalue weighted by Gasteiger charge is 2.74. The van der Waals surface area contributed by atoms with Crippen molar-refractivity contribution in [3.63, 3.8) is 0 Å². The van der Waals surface area contributed by atoms with E-state index in [-0.39, 0.29) is 0 Å². The van der Waals surface area contributed by atoms with Crippen LogP contribution in [0.25, 0.3) is 0 Å². The van der Waals surface area contributed by atoms with Crippen LogP contribution in [-0.4, -0.2) is 18.2 Å².